The maximum absolute atomic E-state index is 11.7. The van der Waals surface area contributed by atoms with Crippen molar-refractivity contribution in [3.05, 3.63) is 0 Å². The quantitative estimate of drug-likeness (QED) is 0.654. The molecule has 0 spiro atoms. The van der Waals surface area contributed by atoms with E-state index in [4.69, 9.17) is 4.74 Å². The number of hydrogen-bond donors (Lipinski definition) is 0. The molecule has 0 N–H and O–H groups in total. The fraction of sp³-hybridized carbons (Fsp3) is 0.923. The van der Waals surface area contributed by atoms with Crippen molar-refractivity contribution in [2.75, 3.05) is 0 Å². The van der Waals surface area contributed by atoms with Gasteiger partial charge in [-0.3, -0.25) is 4.79 Å². The highest BCUT2D eigenvalue weighted by Gasteiger charge is 2.26. The molecular weight excluding hydrogens is 188 g/mol. The minimum absolute atomic E-state index is 0.0266. The standard InChI is InChI=1S/C13H24O2/c1-10-7-5-6-8-11(10)9-12(14)15-13(2,3)4/h10-11H,5-9H2,1-4H3/t10-,11+/m1/s1. The number of carbonyl (C=O) groups excluding carboxylic acids is 1. The molecule has 0 aromatic heterocycles. The summed E-state index contributed by atoms with van der Waals surface area (Å²) in [5.41, 5.74) is -0.338. The first-order valence-corrected chi connectivity index (χ1v) is 6.10. The van der Waals surface area contributed by atoms with Crippen LogP contribution in [0, 0.1) is 11.8 Å². The fourth-order valence-corrected chi connectivity index (χ4v) is 2.29. The van der Waals surface area contributed by atoms with E-state index in [1.165, 1.54) is 25.7 Å². The zero-order valence-electron chi connectivity index (χ0n) is 10.5. The van der Waals surface area contributed by atoms with Gasteiger partial charge in [0.2, 0.25) is 0 Å². The van der Waals surface area contributed by atoms with E-state index >= 15 is 0 Å². The van der Waals surface area contributed by atoms with E-state index in [1.54, 1.807) is 0 Å². The summed E-state index contributed by atoms with van der Waals surface area (Å²) in [5, 5.41) is 0. The number of carbonyl (C=O) groups is 1. The summed E-state index contributed by atoms with van der Waals surface area (Å²) < 4.78 is 5.35. The van der Waals surface area contributed by atoms with Crippen molar-refractivity contribution in [3.8, 4) is 0 Å². The Kier molecular flexibility index (Phi) is 4.18. The van der Waals surface area contributed by atoms with E-state index in [0.717, 1.165) is 0 Å². The van der Waals surface area contributed by atoms with Gasteiger partial charge in [-0.2, -0.15) is 0 Å². The van der Waals surface area contributed by atoms with Crippen LogP contribution in [0.4, 0.5) is 0 Å². The van der Waals surface area contributed by atoms with E-state index in [0.29, 0.717) is 18.3 Å². The van der Waals surface area contributed by atoms with Crippen LogP contribution in [0.3, 0.4) is 0 Å². The van der Waals surface area contributed by atoms with Crippen LogP contribution in [0.5, 0.6) is 0 Å². The Labute approximate surface area is 93.4 Å². The molecule has 1 aliphatic carbocycles. The van der Waals surface area contributed by atoms with Crippen LogP contribution in [0.25, 0.3) is 0 Å². The number of hydrogen-bond acceptors (Lipinski definition) is 2. The maximum Gasteiger partial charge on any atom is 0.306 e. The lowest BCUT2D eigenvalue weighted by Gasteiger charge is -2.29. The Morgan fingerprint density at radius 1 is 1.27 bits per heavy atom. The molecule has 1 saturated carbocycles. The lowest BCUT2D eigenvalue weighted by Crippen LogP contribution is -2.27. The lowest BCUT2D eigenvalue weighted by atomic mass is 9.79. The van der Waals surface area contributed by atoms with E-state index in [2.05, 4.69) is 6.92 Å². The van der Waals surface area contributed by atoms with Crippen molar-refractivity contribution in [1.29, 1.82) is 0 Å². The van der Waals surface area contributed by atoms with Gasteiger partial charge in [-0.1, -0.05) is 26.2 Å². The molecule has 0 heterocycles. The molecule has 0 saturated heterocycles. The van der Waals surface area contributed by atoms with Gasteiger partial charge in [0.25, 0.3) is 0 Å². The summed E-state index contributed by atoms with van der Waals surface area (Å²) >= 11 is 0. The third-order valence-electron chi connectivity index (χ3n) is 3.14. The maximum atomic E-state index is 11.7. The molecule has 2 heteroatoms. The van der Waals surface area contributed by atoms with Crippen LogP contribution >= 0.6 is 0 Å². The number of rotatable bonds is 2. The van der Waals surface area contributed by atoms with Crippen molar-refractivity contribution >= 4 is 5.97 Å². The van der Waals surface area contributed by atoms with Gasteiger partial charge in [-0.05, 0) is 39.0 Å². The largest absolute Gasteiger partial charge is 0.460 e. The molecule has 2 nitrogen and oxygen atoms in total. The molecule has 0 aromatic rings. The highest BCUT2D eigenvalue weighted by atomic mass is 16.6. The Morgan fingerprint density at radius 2 is 1.87 bits per heavy atom. The second kappa shape index (κ2) is 5.00. The van der Waals surface area contributed by atoms with Gasteiger partial charge in [-0.25, -0.2) is 0 Å². The predicted molar refractivity (Wildman–Crippen MR) is 61.6 cm³/mol. The third kappa shape index (κ3) is 4.67. The zero-order chi connectivity index (χ0) is 11.5. The van der Waals surface area contributed by atoms with Crippen molar-refractivity contribution in [2.45, 2.75) is 65.4 Å². The average molecular weight is 212 g/mol. The monoisotopic (exact) mass is 212 g/mol. The number of ether oxygens (including phenoxy) is 1. The summed E-state index contributed by atoms with van der Waals surface area (Å²) in [5.74, 6) is 1.21. The van der Waals surface area contributed by atoms with Crippen LogP contribution in [0.1, 0.15) is 59.8 Å². The molecule has 1 rings (SSSR count). The van der Waals surface area contributed by atoms with Crippen LogP contribution in [-0.2, 0) is 9.53 Å². The Morgan fingerprint density at radius 3 is 2.40 bits per heavy atom. The molecule has 1 aliphatic rings. The first-order valence-electron chi connectivity index (χ1n) is 6.10. The van der Waals surface area contributed by atoms with Crippen molar-refractivity contribution < 1.29 is 9.53 Å². The van der Waals surface area contributed by atoms with E-state index in [9.17, 15) is 4.79 Å². The highest BCUT2D eigenvalue weighted by molar-refractivity contribution is 5.70. The molecule has 0 aromatic carbocycles. The molecular formula is C13H24O2. The fourth-order valence-electron chi connectivity index (χ4n) is 2.29. The first kappa shape index (κ1) is 12.5. The Bertz CT molecular complexity index is 215. The normalized spacial score (nSPS) is 27.5. The molecule has 0 unspecified atom stereocenters. The highest BCUT2D eigenvalue weighted by Crippen LogP contribution is 2.32. The van der Waals surface area contributed by atoms with E-state index < -0.39 is 0 Å². The topological polar surface area (TPSA) is 26.3 Å². The number of esters is 1. The second-order valence-electron chi connectivity index (χ2n) is 5.81. The molecule has 0 amide bonds. The van der Waals surface area contributed by atoms with Crippen LogP contribution in [0.15, 0.2) is 0 Å². The van der Waals surface area contributed by atoms with Gasteiger partial charge in [0.05, 0.1) is 0 Å². The molecule has 0 bridgehead atoms. The molecule has 88 valence electrons. The summed E-state index contributed by atoms with van der Waals surface area (Å²) in [6, 6.07) is 0. The minimum Gasteiger partial charge on any atom is -0.460 e. The van der Waals surface area contributed by atoms with Gasteiger partial charge in [0.1, 0.15) is 5.60 Å². The smallest absolute Gasteiger partial charge is 0.306 e. The molecule has 2 atom stereocenters. The molecule has 0 aliphatic heterocycles. The van der Waals surface area contributed by atoms with Crippen LogP contribution in [-0.4, -0.2) is 11.6 Å². The Balaban J connectivity index is 2.36. The first-order chi connectivity index (χ1) is 6.88. The lowest BCUT2D eigenvalue weighted by molar-refractivity contribution is -0.156. The summed E-state index contributed by atoms with van der Waals surface area (Å²) in [6.45, 7) is 8.04. The average Bonchev–Trinajstić information content (AvgIpc) is 2.05. The van der Waals surface area contributed by atoms with Crippen molar-refractivity contribution in [1.82, 2.24) is 0 Å². The van der Waals surface area contributed by atoms with Gasteiger partial charge in [0, 0.05) is 6.42 Å². The van der Waals surface area contributed by atoms with Gasteiger partial charge < -0.3 is 4.74 Å². The van der Waals surface area contributed by atoms with Gasteiger partial charge >= 0.3 is 5.97 Å². The molecule has 1 fully saturated rings. The summed E-state index contributed by atoms with van der Waals surface area (Å²) in [7, 11) is 0. The molecule has 15 heavy (non-hydrogen) atoms. The summed E-state index contributed by atoms with van der Waals surface area (Å²) in [4.78, 5) is 11.7. The minimum atomic E-state index is -0.338. The van der Waals surface area contributed by atoms with Gasteiger partial charge in [-0.15, -0.1) is 0 Å². The van der Waals surface area contributed by atoms with Crippen LogP contribution in [0.2, 0.25) is 0 Å². The Hall–Kier alpha value is -0.530. The zero-order valence-corrected chi connectivity index (χ0v) is 10.5. The predicted octanol–water partition coefficient (Wildman–Crippen LogP) is 3.54. The van der Waals surface area contributed by atoms with Crippen LogP contribution < -0.4 is 0 Å². The van der Waals surface area contributed by atoms with Crippen molar-refractivity contribution in [3.63, 3.8) is 0 Å². The van der Waals surface area contributed by atoms with Gasteiger partial charge in [0.15, 0.2) is 0 Å². The second-order valence-corrected chi connectivity index (χ2v) is 5.81. The van der Waals surface area contributed by atoms with E-state index in [-0.39, 0.29) is 11.6 Å². The third-order valence-corrected chi connectivity index (χ3v) is 3.14. The van der Waals surface area contributed by atoms with E-state index in [1.807, 2.05) is 20.8 Å². The SMILES string of the molecule is C[C@@H]1CCCC[C@H]1CC(=O)OC(C)(C)C. The van der Waals surface area contributed by atoms with Crippen molar-refractivity contribution in [2.24, 2.45) is 11.8 Å². The summed E-state index contributed by atoms with van der Waals surface area (Å²) in [6.07, 6.45) is 5.68. The molecule has 0 radical (unpaired) electrons.